The maximum atomic E-state index is 14.7. The van der Waals surface area contributed by atoms with E-state index in [0.717, 1.165) is 94.7 Å². The molecule has 0 radical (unpaired) electrons. The second kappa shape index (κ2) is 17.4. The highest BCUT2D eigenvalue weighted by molar-refractivity contribution is 5.94. The number of carbonyl (C=O) groups is 2. The summed E-state index contributed by atoms with van der Waals surface area (Å²) >= 11 is 0. The van der Waals surface area contributed by atoms with E-state index in [2.05, 4.69) is 69.7 Å². The topological polar surface area (TPSA) is 100 Å². The van der Waals surface area contributed by atoms with E-state index in [1.165, 1.54) is 31.3 Å². The Morgan fingerprint density at radius 2 is 1.62 bits per heavy atom. The fraction of sp³-hybridized carbons (Fsp3) is 0.698. The van der Waals surface area contributed by atoms with E-state index in [-0.39, 0.29) is 45.0 Å². The van der Waals surface area contributed by atoms with Crippen LogP contribution in [-0.2, 0) is 22.5 Å². The monoisotopic (exact) mass is 836 g/mol. The normalized spacial score (nSPS) is 36.7. The van der Waals surface area contributed by atoms with Crippen LogP contribution in [0.3, 0.4) is 0 Å². The van der Waals surface area contributed by atoms with Crippen LogP contribution in [0.15, 0.2) is 60.7 Å². The lowest BCUT2D eigenvalue weighted by molar-refractivity contribution is -0.246. The molecule has 61 heavy (non-hydrogen) atoms. The van der Waals surface area contributed by atoms with Crippen molar-refractivity contribution in [2.45, 2.75) is 131 Å². The zero-order chi connectivity index (χ0) is 43.2. The summed E-state index contributed by atoms with van der Waals surface area (Å²) in [7, 11) is 0. The average molecular weight is 836 g/mol. The zero-order valence-corrected chi connectivity index (χ0v) is 38.5. The summed E-state index contributed by atoms with van der Waals surface area (Å²) in [5.41, 5.74) is 4.16. The van der Waals surface area contributed by atoms with Gasteiger partial charge < -0.3 is 25.2 Å². The van der Waals surface area contributed by atoms with E-state index in [1.807, 2.05) is 42.5 Å². The molecule has 10 atom stereocenters. The van der Waals surface area contributed by atoms with Gasteiger partial charge in [-0.05, 0) is 171 Å². The van der Waals surface area contributed by atoms with Crippen molar-refractivity contribution < 1.29 is 24.2 Å². The summed E-state index contributed by atoms with van der Waals surface area (Å²) < 4.78 is 11.4. The van der Waals surface area contributed by atoms with Crippen LogP contribution in [0.1, 0.15) is 134 Å². The van der Waals surface area contributed by atoms with Gasteiger partial charge in [-0.15, -0.1) is 0 Å². The molecule has 1 saturated heterocycles. The molecule has 0 spiro atoms. The van der Waals surface area contributed by atoms with Crippen molar-refractivity contribution in [1.29, 1.82) is 0 Å². The SMILES string of the molecule is C=C(C)[C@@H]1CC[C@]2(C(=O)NCCc3cccc(C(=O)NCc4ccc(OCCCN5CCOCC5)cc4)c3)CC[C@]3(C)C(CCC4[C@@]5(C)CC[C@H](O)C(C)(C)C5CC[C@]43C)C12. The lowest BCUT2D eigenvalue weighted by Gasteiger charge is -2.72. The molecule has 3 N–H and O–H groups in total. The number of fused-ring (bicyclic) bond motifs is 7. The Labute approximate surface area is 367 Å². The van der Waals surface area contributed by atoms with Gasteiger partial charge in [-0.1, -0.05) is 71.0 Å². The third kappa shape index (κ3) is 8.02. The Kier molecular flexibility index (Phi) is 12.7. The molecule has 5 aliphatic carbocycles. The number of amides is 2. The van der Waals surface area contributed by atoms with Crippen molar-refractivity contribution in [2.75, 3.05) is 46.0 Å². The Morgan fingerprint density at radius 1 is 0.852 bits per heavy atom. The van der Waals surface area contributed by atoms with Crippen molar-refractivity contribution in [3.05, 3.63) is 77.4 Å². The minimum atomic E-state index is -0.357. The Hall–Kier alpha value is -3.20. The van der Waals surface area contributed by atoms with Crippen LogP contribution >= 0.6 is 0 Å². The molecule has 2 aromatic carbocycles. The van der Waals surface area contributed by atoms with Gasteiger partial charge in [0.2, 0.25) is 5.91 Å². The maximum absolute atomic E-state index is 14.7. The number of hydrogen-bond donors (Lipinski definition) is 3. The van der Waals surface area contributed by atoms with Crippen LogP contribution in [0.5, 0.6) is 5.75 Å². The van der Waals surface area contributed by atoms with Crippen molar-refractivity contribution in [3.8, 4) is 5.75 Å². The van der Waals surface area contributed by atoms with Gasteiger partial charge in [0.1, 0.15) is 5.75 Å². The van der Waals surface area contributed by atoms with E-state index in [1.54, 1.807) is 0 Å². The molecular formula is C53H77N3O5. The first-order valence-corrected chi connectivity index (χ1v) is 24.1. The highest BCUT2D eigenvalue weighted by Crippen LogP contribution is 2.77. The van der Waals surface area contributed by atoms with Crippen LogP contribution in [0.25, 0.3) is 0 Å². The van der Waals surface area contributed by atoms with E-state index < -0.39 is 0 Å². The highest BCUT2D eigenvalue weighted by atomic mass is 16.5. The minimum Gasteiger partial charge on any atom is -0.494 e. The molecule has 1 aliphatic heterocycles. The number of rotatable bonds is 13. The number of benzene rings is 2. The number of allylic oxidation sites excluding steroid dienone is 1. The number of nitrogens with one attached hydrogen (secondary N) is 2. The summed E-state index contributed by atoms with van der Waals surface area (Å²) in [6.45, 7) is 25.6. The number of morpholine rings is 1. The Bertz CT molecular complexity index is 1910. The second-order valence-electron chi connectivity index (χ2n) is 21.9. The van der Waals surface area contributed by atoms with E-state index in [4.69, 9.17) is 9.47 Å². The van der Waals surface area contributed by atoms with Crippen molar-refractivity contribution in [2.24, 2.45) is 56.7 Å². The van der Waals surface area contributed by atoms with Crippen LogP contribution in [0.2, 0.25) is 0 Å². The third-order valence-corrected chi connectivity index (χ3v) is 18.8. The number of nitrogens with zero attached hydrogens (tertiary/aromatic N) is 1. The molecule has 334 valence electrons. The zero-order valence-electron chi connectivity index (χ0n) is 38.5. The number of carbonyl (C=O) groups excluding carboxylic acids is 2. The third-order valence-electron chi connectivity index (χ3n) is 18.8. The lowest BCUT2D eigenvalue weighted by Crippen LogP contribution is -2.67. The largest absolute Gasteiger partial charge is 0.494 e. The smallest absolute Gasteiger partial charge is 0.251 e. The lowest BCUT2D eigenvalue weighted by atomic mass is 9.32. The summed E-state index contributed by atoms with van der Waals surface area (Å²) in [6, 6.07) is 15.8. The molecule has 6 aliphatic rings. The Morgan fingerprint density at radius 3 is 2.38 bits per heavy atom. The van der Waals surface area contributed by atoms with Crippen molar-refractivity contribution in [1.82, 2.24) is 15.5 Å². The van der Waals surface area contributed by atoms with Crippen LogP contribution in [0, 0.1) is 56.7 Å². The predicted molar refractivity (Wildman–Crippen MR) is 243 cm³/mol. The van der Waals surface area contributed by atoms with Gasteiger partial charge in [0.15, 0.2) is 0 Å². The summed E-state index contributed by atoms with van der Waals surface area (Å²) in [4.78, 5) is 30.4. The number of ether oxygens (including phenoxy) is 2. The minimum absolute atomic E-state index is 0.0520. The molecule has 5 saturated carbocycles. The number of hydrogen-bond acceptors (Lipinski definition) is 6. The van der Waals surface area contributed by atoms with E-state index in [0.29, 0.717) is 61.3 Å². The molecule has 8 heteroatoms. The molecule has 8 rings (SSSR count). The quantitative estimate of drug-likeness (QED) is 0.137. The molecule has 4 unspecified atom stereocenters. The number of aliphatic hydroxyl groups excluding tert-OH is 1. The average Bonchev–Trinajstić information content (AvgIpc) is 3.66. The van der Waals surface area contributed by atoms with Gasteiger partial charge in [-0.3, -0.25) is 14.5 Å². The summed E-state index contributed by atoms with van der Waals surface area (Å²) in [5.74, 6) is 3.37. The standard InChI is InChI=1S/C53H77N3O5/c1-36(2)41-18-24-53(26-25-51(6)42(46(41)53)16-17-44-50(5)22-20-45(57)49(3,4)43(50)19-23-52(44,51)7)48(59)54-27-21-37-10-8-11-39(34-37)47(58)55-35-38-12-14-40(15-13-38)61-31-9-28-56-29-32-60-33-30-56/h8,10-15,34,41-46,57H,1,9,16-33,35H2,2-7H3,(H,54,59)(H,55,58)/t41-,42?,43?,44?,45-,46?,50-,51+,52+,53-/m0/s1. The van der Waals surface area contributed by atoms with Crippen LogP contribution < -0.4 is 15.4 Å². The molecule has 2 aromatic rings. The highest BCUT2D eigenvalue weighted by Gasteiger charge is 2.71. The van der Waals surface area contributed by atoms with Gasteiger partial charge in [0.05, 0.1) is 31.3 Å². The summed E-state index contributed by atoms with van der Waals surface area (Å²) in [6.07, 6.45) is 12.4. The van der Waals surface area contributed by atoms with Gasteiger partial charge in [0.25, 0.3) is 5.91 Å². The van der Waals surface area contributed by atoms with Crippen molar-refractivity contribution >= 4 is 11.8 Å². The van der Waals surface area contributed by atoms with Crippen LogP contribution in [-0.4, -0.2) is 73.9 Å². The van der Waals surface area contributed by atoms with Gasteiger partial charge in [0, 0.05) is 38.3 Å². The van der Waals surface area contributed by atoms with Gasteiger partial charge in [-0.2, -0.15) is 0 Å². The first-order valence-electron chi connectivity index (χ1n) is 24.1. The van der Waals surface area contributed by atoms with E-state index in [9.17, 15) is 14.7 Å². The molecule has 1 heterocycles. The van der Waals surface area contributed by atoms with Gasteiger partial charge >= 0.3 is 0 Å². The first kappa shape index (κ1) is 44.4. The molecule has 8 nitrogen and oxygen atoms in total. The number of aliphatic hydroxyl groups is 1. The molecular weight excluding hydrogens is 759 g/mol. The second-order valence-corrected chi connectivity index (χ2v) is 21.9. The fourth-order valence-electron chi connectivity index (χ4n) is 15.2. The maximum Gasteiger partial charge on any atom is 0.251 e. The summed E-state index contributed by atoms with van der Waals surface area (Å²) in [5, 5.41) is 17.7. The fourth-order valence-corrected chi connectivity index (χ4v) is 15.2. The van der Waals surface area contributed by atoms with E-state index >= 15 is 0 Å². The first-order chi connectivity index (χ1) is 29.1. The molecule has 2 amide bonds. The predicted octanol–water partition coefficient (Wildman–Crippen LogP) is 9.39. The Balaban J connectivity index is 0.866. The van der Waals surface area contributed by atoms with Crippen LogP contribution in [0.4, 0.5) is 0 Å². The molecule has 6 fully saturated rings. The molecule has 0 aromatic heterocycles. The molecule has 0 bridgehead atoms. The van der Waals surface area contributed by atoms with Gasteiger partial charge in [-0.25, -0.2) is 0 Å². The van der Waals surface area contributed by atoms with Crippen molar-refractivity contribution in [3.63, 3.8) is 0 Å².